The van der Waals surface area contributed by atoms with E-state index in [2.05, 4.69) is 48.5 Å². The average Bonchev–Trinajstić information content (AvgIpc) is 1.97. The first-order valence-corrected chi connectivity index (χ1v) is 8.87. The van der Waals surface area contributed by atoms with Gasteiger partial charge in [-0.2, -0.15) is 0 Å². The molecule has 0 heterocycles. The Balaban J connectivity index is 4.82. The summed E-state index contributed by atoms with van der Waals surface area (Å²) in [5.74, 6) is 0. The predicted molar refractivity (Wildman–Crippen MR) is 56.9 cm³/mol. The van der Waals surface area contributed by atoms with Crippen molar-refractivity contribution in [1.29, 1.82) is 0 Å². The molecule has 0 radical (unpaired) electrons. The third kappa shape index (κ3) is 2.81. The Morgan fingerprint density at radius 3 is 1.23 bits per heavy atom. The van der Waals surface area contributed by atoms with Crippen molar-refractivity contribution in [2.24, 2.45) is 0 Å². The van der Waals surface area contributed by atoms with Gasteiger partial charge in [-0.25, -0.2) is 0 Å². The maximum absolute atomic E-state index is 6.20. The quantitative estimate of drug-likeness (QED) is 0.619. The van der Waals surface area contributed by atoms with Gasteiger partial charge in [0.25, 0.3) is 0 Å². The van der Waals surface area contributed by atoms with Gasteiger partial charge in [0.05, 0.1) is 0 Å². The van der Waals surface area contributed by atoms with E-state index >= 15 is 0 Å². The van der Waals surface area contributed by atoms with Crippen molar-refractivity contribution < 1.29 is 20.3 Å². The summed E-state index contributed by atoms with van der Waals surface area (Å²) in [4.78, 5) is 0. The maximum atomic E-state index is 6.20. The third-order valence-electron chi connectivity index (χ3n) is 3.10. The molecule has 1 nitrogen and oxygen atoms in total. The van der Waals surface area contributed by atoms with Gasteiger partial charge in [0.2, 0.25) is 0 Å². The molecule has 0 spiro atoms. The summed E-state index contributed by atoms with van der Waals surface area (Å²) in [6.45, 7) is 17.1. The van der Waals surface area contributed by atoms with Crippen molar-refractivity contribution in [2.45, 2.75) is 61.1 Å². The summed E-state index contributed by atoms with van der Waals surface area (Å²) < 4.78 is 8.49. The van der Waals surface area contributed by atoms with Gasteiger partial charge in [0.1, 0.15) is 0 Å². The van der Waals surface area contributed by atoms with Crippen molar-refractivity contribution in [1.82, 2.24) is 0 Å². The molecule has 0 bridgehead atoms. The van der Waals surface area contributed by atoms with Crippen LogP contribution in [0.2, 0.25) is 12.7 Å². The van der Waals surface area contributed by atoms with Crippen molar-refractivity contribution in [3.05, 3.63) is 0 Å². The molecule has 0 fully saturated rings. The zero-order chi connectivity index (χ0) is 10.6. The van der Waals surface area contributed by atoms with E-state index in [1.807, 2.05) is 0 Å². The molecule has 0 aliphatic heterocycles. The molecule has 0 aromatic heterocycles. The molecule has 0 amide bonds. The molecule has 0 aromatic carbocycles. The van der Waals surface area contributed by atoms with Crippen molar-refractivity contribution in [3.63, 3.8) is 0 Å². The van der Waals surface area contributed by atoms with Crippen LogP contribution in [0.15, 0.2) is 0 Å². The normalized spacial score (nSPS) is 13.4. The van der Waals surface area contributed by atoms with Gasteiger partial charge < -0.3 is 0 Å². The SMILES string of the molecule is CC[O][Ti]([CH](C)C)([CH](C)C)[CH](C)C. The summed E-state index contributed by atoms with van der Waals surface area (Å²) in [6, 6.07) is 0. The second-order valence-corrected chi connectivity index (χ2v) is 13.3. The molecule has 0 saturated heterocycles. The van der Waals surface area contributed by atoms with Crippen LogP contribution in [0.5, 0.6) is 0 Å². The van der Waals surface area contributed by atoms with E-state index in [0.29, 0.717) is 0 Å². The molecule has 0 rings (SSSR count). The Morgan fingerprint density at radius 1 is 0.846 bits per heavy atom. The zero-order valence-electron chi connectivity index (χ0n) is 10.3. The molecular weight excluding hydrogens is 196 g/mol. The molecular formula is C11H26OTi. The van der Waals surface area contributed by atoms with Crippen LogP contribution in [0.3, 0.4) is 0 Å². The van der Waals surface area contributed by atoms with Crippen LogP contribution in [-0.2, 0) is 20.3 Å². The zero-order valence-corrected chi connectivity index (χ0v) is 11.9. The summed E-state index contributed by atoms with van der Waals surface area (Å²) in [5.41, 5.74) is 0. The standard InChI is InChI=1S/3C3H7.C2H5O.Ti/c3*1-3-2;1-2-3;/h3*3H,1-2H3;2H2,1H3;/q;;;-1;+1. The molecule has 0 aliphatic rings. The molecule has 0 saturated carbocycles. The summed E-state index contributed by atoms with van der Waals surface area (Å²) >= 11 is -2.08. The second kappa shape index (κ2) is 5.53. The van der Waals surface area contributed by atoms with Crippen molar-refractivity contribution >= 4 is 0 Å². The van der Waals surface area contributed by atoms with E-state index in [0.717, 1.165) is 19.3 Å². The molecule has 13 heavy (non-hydrogen) atoms. The Labute approximate surface area is 88.1 Å². The van der Waals surface area contributed by atoms with Gasteiger partial charge >= 0.3 is 88.0 Å². The van der Waals surface area contributed by atoms with Crippen molar-refractivity contribution in [3.8, 4) is 0 Å². The Morgan fingerprint density at radius 2 is 1.15 bits per heavy atom. The van der Waals surface area contributed by atoms with E-state index in [1.54, 1.807) is 0 Å². The molecule has 2 heteroatoms. The molecule has 0 aliphatic carbocycles. The Bertz CT molecular complexity index is 119. The van der Waals surface area contributed by atoms with Crippen LogP contribution in [-0.4, -0.2) is 6.61 Å². The fraction of sp³-hybridized carbons (Fsp3) is 1.00. The van der Waals surface area contributed by atoms with Crippen molar-refractivity contribution in [2.75, 3.05) is 6.61 Å². The third-order valence-corrected chi connectivity index (χ3v) is 12.8. The summed E-state index contributed by atoms with van der Waals surface area (Å²) in [7, 11) is 0. The van der Waals surface area contributed by atoms with Gasteiger partial charge in [-0.05, 0) is 0 Å². The van der Waals surface area contributed by atoms with Gasteiger partial charge in [-0.3, -0.25) is 0 Å². The summed E-state index contributed by atoms with van der Waals surface area (Å²) in [6.07, 6.45) is 0. The second-order valence-electron chi connectivity index (χ2n) is 4.75. The average molecular weight is 222 g/mol. The van der Waals surface area contributed by atoms with Crippen LogP contribution in [0.4, 0.5) is 0 Å². The van der Waals surface area contributed by atoms with E-state index in [1.165, 1.54) is 0 Å². The first kappa shape index (κ1) is 13.7. The fourth-order valence-electron chi connectivity index (χ4n) is 2.75. The van der Waals surface area contributed by atoms with Crippen LogP contribution in [0.25, 0.3) is 0 Å². The Hall–Kier alpha value is 0.674. The molecule has 0 N–H and O–H groups in total. The van der Waals surface area contributed by atoms with Crippen LogP contribution in [0.1, 0.15) is 48.5 Å². The monoisotopic (exact) mass is 222 g/mol. The van der Waals surface area contributed by atoms with E-state index in [9.17, 15) is 0 Å². The van der Waals surface area contributed by atoms with Crippen LogP contribution < -0.4 is 0 Å². The molecule has 0 unspecified atom stereocenters. The van der Waals surface area contributed by atoms with Crippen LogP contribution in [0, 0.1) is 0 Å². The fourth-order valence-corrected chi connectivity index (χ4v) is 11.3. The first-order valence-electron chi connectivity index (χ1n) is 5.53. The Kier molecular flexibility index (Phi) is 5.82. The van der Waals surface area contributed by atoms with E-state index < -0.39 is 17.0 Å². The van der Waals surface area contributed by atoms with Gasteiger partial charge in [0, 0.05) is 0 Å². The molecule has 0 aromatic rings. The van der Waals surface area contributed by atoms with Gasteiger partial charge in [-0.15, -0.1) is 0 Å². The van der Waals surface area contributed by atoms with Gasteiger partial charge in [-0.1, -0.05) is 0 Å². The van der Waals surface area contributed by atoms with Crippen LogP contribution >= 0.6 is 0 Å². The number of rotatable bonds is 5. The number of hydrogen-bond donors (Lipinski definition) is 0. The molecule has 0 atom stereocenters. The van der Waals surface area contributed by atoms with E-state index in [-0.39, 0.29) is 0 Å². The minimum atomic E-state index is -2.08. The van der Waals surface area contributed by atoms with Gasteiger partial charge in [0.15, 0.2) is 0 Å². The predicted octanol–water partition coefficient (Wildman–Crippen LogP) is 4.58. The van der Waals surface area contributed by atoms with E-state index in [4.69, 9.17) is 3.32 Å². The summed E-state index contributed by atoms with van der Waals surface area (Å²) in [5, 5.41) is 0. The first-order chi connectivity index (χ1) is 5.89. The minimum absolute atomic E-state index is 0.764. The topological polar surface area (TPSA) is 9.23 Å². The molecule has 80 valence electrons. The number of hydrogen-bond acceptors (Lipinski definition) is 1.